The number of alkyl halides is 1. The number of rotatable bonds is 2. The molecule has 1 aliphatic carbocycles. The summed E-state index contributed by atoms with van der Waals surface area (Å²) in [7, 11) is 0. The highest BCUT2D eigenvalue weighted by Crippen LogP contribution is 2.35. The zero-order valence-electron chi connectivity index (χ0n) is 10.2. The SMILES string of the molecule is CC1CCC2(CC1)NC(=O)N(NC(=O)CCl)C2=O. The van der Waals surface area contributed by atoms with Gasteiger partial charge in [-0.25, -0.2) is 4.79 Å². The highest BCUT2D eigenvalue weighted by molar-refractivity contribution is 6.27. The minimum absolute atomic E-state index is 0.291. The van der Waals surface area contributed by atoms with E-state index in [4.69, 9.17) is 11.6 Å². The van der Waals surface area contributed by atoms with Gasteiger partial charge < -0.3 is 5.32 Å². The number of imide groups is 1. The molecular formula is C11H16ClN3O3. The fraction of sp³-hybridized carbons (Fsp3) is 0.727. The first-order valence-electron chi connectivity index (χ1n) is 6.00. The topological polar surface area (TPSA) is 78.5 Å². The fourth-order valence-corrected chi connectivity index (χ4v) is 2.53. The quantitative estimate of drug-likeness (QED) is 0.576. The lowest BCUT2D eigenvalue weighted by Gasteiger charge is -2.33. The summed E-state index contributed by atoms with van der Waals surface area (Å²) in [6, 6.07) is -0.576. The molecule has 1 aliphatic heterocycles. The molecule has 0 atom stereocenters. The van der Waals surface area contributed by atoms with E-state index in [0.29, 0.717) is 18.8 Å². The Morgan fingerprint density at radius 1 is 1.50 bits per heavy atom. The average molecular weight is 274 g/mol. The summed E-state index contributed by atoms with van der Waals surface area (Å²) < 4.78 is 0. The summed E-state index contributed by atoms with van der Waals surface area (Å²) in [5, 5.41) is 3.45. The highest BCUT2D eigenvalue weighted by Gasteiger charge is 2.52. The third kappa shape index (κ3) is 2.16. The first-order valence-corrected chi connectivity index (χ1v) is 6.54. The number of carbonyl (C=O) groups excluding carboxylic acids is 3. The van der Waals surface area contributed by atoms with Crippen LogP contribution in [-0.2, 0) is 9.59 Å². The molecule has 0 aromatic heterocycles. The molecule has 6 nitrogen and oxygen atoms in total. The average Bonchev–Trinajstić information content (AvgIpc) is 2.58. The van der Waals surface area contributed by atoms with E-state index >= 15 is 0 Å². The second-order valence-corrected chi connectivity index (χ2v) is 5.27. The number of nitrogens with one attached hydrogen (secondary N) is 2. The van der Waals surface area contributed by atoms with Gasteiger partial charge in [-0.15, -0.1) is 11.6 Å². The molecule has 0 unspecified atom stereocenters. The van der Waals surface area contributed by atoms with Crippen molar-refractivity contribution in [1.82, 2.24) is 15.8 Å². The maximum absolute atomic E-state index is 12.2. The number of hydrogen-bond donors (Lipinski definition) is 2. The van der Waals surface area contributed by atoms with Gasteiger partial charge in [-0.2, -0.15) is 5.01 Å². The molecule has 0 aromatic rings. The van der Waals surface area contributed by atoms with E-state index in [1.165, 1.54) is 0 Å². The van der Waals surface area contributed by atoms with Gasteiger partial charge in [0, 0.05) is 0 Å². The van der Waals surface area contributed by atoms with E-state index in [1.54, 1.807) is 0 Å². The molecule has 2 fully saturated rings. The van der Waals surface area contributed by atoms with Crippen LogP contribution >= 0.6 is 11.6 Å². The van der Waals surface area contributed by atoms with E-state index < -0.39 is 17.5 Å². The number of nitrogens with zero attached hydrogens (tertiary/aromatic N) is 1. The number of amides is 4. The van der Waals surface area contributed by atoms with Crippen LogP contribution < -0.4 is 10.7 Å². The second kappa shape index (κ2) is 4.76. The maximum Gasteiger partial charge on any atom is 0.344 e. The fourth-order valence-electron chi connectivity index (χ4n) is 2.47. The van der Waals surface area contributed by atoms with E-state index in [9.17, 15) is 14.4 Å². The zero-order chi connectivity index (χ0) is 13.3. The van der Waals surface area contributed by atoms with Crippen LogP contribution in [0.3, 0.4) is 0 Å². The minimum atomic E-state index is -0.830. The molecule has 0 bridgehead atoms. The van der Waals surface area contributed by atoms with Gasteiger partial charge in [0.05, 0.1) is 0 Å². The molecule has 1 spiro atoms. The van der Waals surface area contributed by atoms with Gasteiger partial charge in [0.15, 0.2) is 0 Å². The Morgan fingerprint density at radius 3 is 2.67 bits per heavy atom. The van der Waals surface area contributed by atoms with Gasteiger partial charge in [0.25, 0.3) is 11.8 Å². The van der Waals surface area contributed by atoms with Gasteiger partial charge in [-0.1, -0.05) is 6.92 Å². The monoisotopic (exact) mass is 273 g/mol. The van der Waals surface area contributed by atoms with Crippen molar-refractivity contribution in [2.75, 3.05) is 5.88 Å². The maximum atomic E-state index is 12.2. The molecular weight excluding hydrogens is 258 g/mol. The lowest BCUT2D eigenvalue weighted by Crippen LogP contribution is -2.51. The molecule has 2 aliphatic rings. The molecule has 1 heterocycles. The highest BCUT2D eigenvalue weighted by atomic mass is 35.5. The number of hydrazine groups is 1. The van der Waals surface area contributed by atoms with Crippen LogP contribution in [0.15, 0.2) is 0 Å². The molecule has 1 saturated heterocycles. The van der Waals surface area contributed by atoms with Crippen LogP contribution in [0.1, 0.15) is 32.6 Å². The van der Waals surface area contributed by atoms with Crippen molar-refractivity contribution in [3.63, 3.8) is 0 Å². The zero-order valence-corrected chi connectivity index (χ0v) is 10.9. The van der Waals surface area contributed by atoms with Crippen molar-refractivity contribution in [3.8, 4) is 0 Å². The molecule has 100 valence electrons. The van der Waals surface area contributed by atoms with Crippen LogP contribution in [0.2, 0.25) is 0 Å². The van der Waals surface area contributed by atoms with Crippen molar-refractivity contribution < 1.29 is 14.4 Å². The van der Waals surface area contributed by atoms with Crippen molar-refractivity contribution in [3.05, 3.63) is 0 Å². The van der Waals surface area contributed by atoms with Crippen LogP contribution in [0, 0.1) is 5.92 Å². The Bertz CT molecular complexity index is 391. The van der Waals surface area contributed by atoms with Crippen molar-refractivity contribution >= 4 is 29.4 Å². The summed E-state index contributed by atoms with van der Waals surface area (Å²) >= 11 is 5.34. The van der Waals surface area contributed by atoms with Crippen molar-refractivity contribution in [2.24, 2.45) is 5.92 Å². The van der Waals surface area contributed by atoms with Gasteiger partial charge in [-0.05, 0) is 31.6 Å². The molecule has 1 saturated carbocycles. The van der Waals surface area contributed by atoms with Gasteiger partial charge >= 0.3 is 6.03 Å². The summed E-state index contributed by atoms with van der Waals surface area (Å²) in [5.41, 5.74) is 1.38. The van der Waals surface area contributed by atoms with Gasteiger partial charge in [0.1, 0.15) is 11.4 Å². The largest absolute Gasteiger partial charge is 0.344 e. The molecule has 0 radical (unpaired) electrons. The Hall–Kier alpha value is -1.30. The van der Waals surface area contributed by atoms with Gasteiger partial charge in [-0.3, -0.25) is 15.0 Å². The van der Waals surface area contributed by atoms with E-state index in [2.05, 4.69) is 17.7 Å². The van der Waals surface area contributed by atoms with Crippen molar-refractivity contribution in [2.45, 2.75) is 38.1 Å². The summed E-state index contributed by atoms with van der Waals surface area (Å²) in [6.45, 7) is 2.13. The smallest absolute Gasteiger partial charge is 0.322 e. The number of carbonyl (C=O) groups is 3. The molecule has 4 amide bonds. The van der Waals surface area contributed by atoms with Crippen molar-refractivity contribution in [1.29, 1.82) is 0 Å². The van der Waals surface area contributed by atoms with E-state index in [1.807, 2.05) is 0 Å². The lowest BCUT2D eigenvalue weighted by molar-refractivity contribution is -0.139. The van der Waals surface area contributed by atoms with Crippen LogP contribution in [-0.4, -0.2) is 34.3 Å². The summed E-state index contributed by atoms with van der Waals surface area (Å²) in [4.78, 5) is 35.1. The van der Waals surface area contributed by atoms with E-state index in [-0.39, 0.29) is 11.8 Å². The number of halogens is 1. The first kappa shape index (κ1) is 13.1. The summed E-state index contributed by atoms with van der Waals surface area (Å²) in [5.74, 6) is -0.674. The van der Waals surface area contributed by atoms with Crippen LogP contribution in [0.25, 0.3) is 0 Å². The number of hydrogen-bond acceptors (Lipinski definition) is 3. The van der Waals surface area contributed by atoms with E-state index in [0.717, 1.165) is 17.9 Å². The molecule has 2 rings (SSSR count). The van der Waals surface area contributed by atoms with Crippen LogP contribution in [0.4, 0.5) is 4.79 Å². The summed E-state index contributed by atoms with van der Waals surface area (Å²) in [6.07, 6.45) is 3.02. The predicted molar refractivity (Wildman–Crippen MR) is 64.6 cm³/mol. The predicted octanol–water partition coefficient (Wildman–Crippen LogP) is 0.757. The molecule has 18 heavy (non-hydrogen) atoms. The molecule has 7 heteroatoms. The minimum Gasteiger partial charge on any atom is -0.322 e. The Labute approximate surface area is 110 Å². The number of urea groups is 1. The Kier molecular flexibility index (Phi) is 3.47. The first-order chi connectivity index (χ1) is 8.48. The van der Waals surface area contributed by atoms with Gasteiger partial charge in [0.2, 0.25) is 0 Å². The molecule has 0 aromatic carbocycles. The third-order valence-electron chi connectivity index (χ3n) is 3.65. The third-order valence-corrected chi connectivity index (χ3v) is 3.89. The normalized spacial score (nSPS) is 31.7. The Morgan fingerprint density at radius 2 is 2.11 bits per heavy atom. The Balaban J connectivity index is 2.11. The lowest BCUT2D eigenvalue weighted by atomic mass is 9.77. The standard InChI is InChI=1S/C11H16ClN3O3/c1-7-2-4-11(5-3-7)9(17)15(10(18)13-11)14-8(16)6-12/h7H,2-6H2,1H3,(H,13,18)(H,14,16). The second-order valence-electron chi connectivity index (χ2n) is 5.00. The molecule has 2 N–H and O–H groups in total. The van der Waals surface area contributed by atoms with Crippen LogP contribution in [0.5, 0.6) is 0 Å².